The van der Waals surface area contributed by atoms with E-state index in [1.807, 2.05) is 24.3 Å². The number of para-hydroxylation sites is 1. The van der Waals surface area contributed by atoms with E-state index < -0.39 is 5.82 Å². The van der Waals surface area contributed by atoms with E-state index >= 15 is 0 Å². The second-order valence-corrected chi connectivity index (χ2v) is 5.67. The Kier molecular flexibility index (Phi) is 4.04. The molecule has 0 saturated carbocycles. The normalized spacial score (nSPS) is 11.4. The zero-order valence-corrected chi connectivity index (χ0v) is 12.0. The smallest absolute Gasteiger partial charge is 0.223 e. The first-order valence-electron chi connectivity index (χ1n) is 6.53. The van der Waals surface area contributed by atoms with Gasteiger partial charge in [-0.1, -0.05) is 39.0 Å². The predicted octanol–water partition coefficient (Wildman–Crippen LogP) is 3.77. The van der Waals surface area contributed by atoms with Gasteiger partial charge in [0.25, 0.3) is 0 Å². The Morgan fingerprint density at radius 3 is 2.60 bits per heavy atom. The largest absolute Gasteiger partial charge is 0.438 e. The van der Waals surface area contributed by atoms with E-state index in [1.54, 1.807) is 0 Å². The van der Waals surface area contributed by atoms with Crippen molar-refractivity contribution in [2.45, 2.75) is 32.7 Å². The highest BCUT2D eigenvalue weighted by atomic mass is 19.1. The van der Waals surface area contributed by atoms with Crippen LogP contribution in [0.4, 0.5) is 4.39 Å². The van der Waals surface area contributed by atoms with Crippen LogP contribution in [-0.4, -0.2) is 4.98 Å². The van der Waals surface area contributed by atoms with Gasteiger partial charge in [-0.2, -0.15) is 0 Å². The van der Waals surface area contributed by atoms with Crippen molar-refractivity contribution in [3.8, 4) is 11.6 Å². The molecule has 2 aromatic rings. The lowest BCUT2D eigenvalue weighted by atomic mass is 9.86. The fraction of sp³-hybridized carbons (Fsp3) is 0.312. The molecule has 0 unspecified atom stereocenters. The second kappa shape index (κ2) is 5.59. The number of aromatic nitrogens is 1. The molecule has 1 aromatic carbocycles. The topological polar surface area (TPSA) is 48.1 Å². The van der Waals surface area contributed by atoms with E-state index in [0.717, 1.165) is 11.8 Å². The zero-order chi connectivity index (χ0) is 14.8. The minimum atomic E-state index is -0.415. The van der Waals surface area contributed by atoms with Crippen LogP contribution in [0.25, 0.3) is 0 Å². The molecule has 0 atom stereocenters. The SMILES string of the molecule is CC(C)(C)c1ccccc1Oc1ncc(F)cc1CN. The van der Waals surface area contributed by atoms with Crippen LogP contribution in [0.2, 0.25) is 0 Å². The Hall–Kier alpha value is -1.94. The van der Waals surface area contributed by atoms with Crippen molar-refractivity contribution in [1.29, 1.82) is 0 Å². The minimum absolute atomic E-state index is 0.0560. The average Bonchev–Trinajstić information content (AvgIpc) is 2.40. The molecular formula is C16H19FN2O. The molecule has 0 fully saturated rings. The van der Waals surface area contributed by atoms with Crippen LogP contribution in [0.15, 0.2) is 36.5 Å². The Bertz CT molecular complexity index is 606. The first-order chi connectivity index (χ1) is 9.41. The summed E-state index contributed by atoms with van der Waals surface area (Å²) in [4.78, 5) is 3.99. The van der Waals surface area contributed by atoms with Crippen molar-refractivity contribution in [1.82, 2.24) is 4.98 Å². The number of pyridine rings is 1. The third kappa shape index (κ3) is 3.14. The van der Waals surface area contributed by atoms with Gasteiger partial charge >= 0.3 is 0 Å². The van der Waals surface area contributed by atoms with E-state index in [2.05, 4.69) is 25.8 Å². The summed E-state index contributed by atoms with van der Waals surface area (Å²) in [7, 11) is 0. The molecule has 2 N–H and O–H groups in total. The number of rotatable bonds is 3. The Morgan fingerprint density at radius 2 is 1.95 bits per heavy atom. The van der Waals surface area contributed by atoms with Crippen molar-refractivity contribution in [2.75, 3.05) is 0 Å². The predicted molar refractivity (Wildman–Crippen MR) is 77.3 cm³/mol. The van der Waals surface area contributed by atoms with E-state index in [4.69, 9.17) is 10.5 Å². The lowest BCUT2D eigenvalue weighted by molar-refractivity contribution is 0.431. The van der Waals surface area contributed by atoms with E-state index in [9.17, 15) is 4.39 Å². The molecule has 2 rings (SSSR count). The van der Waals surface area contributed by atoms with Crippen molar-refractivity contribution in [3.05, 3.63) is 53.5 Å². The van der Waals surface area contributed by atoms with Crippen LogP contribution < -0.4 is 10.5 Å². The molecule has 0 aliphatic carbocycles. The summed E-state index contributed by atoms with van der Waals surface area (Å²) in [5, 5.41) is 0. The van der Waals surface area contributed by atoms with Gasteiger partial charge in [0, 0.05) is 17.7 Å². The van der Waals surface area contributed by atoms with Crippen LogP contribution in [0.5, 0.6) is 11.6 Å². The maximum Gasteiger partial charge on any atom is 0.223 e. The third-order valence-electron chi connectivity index (χ3n) is 3.01. The maximum absolute atomic E-state index is 13.2. The van der Waals surface area contributed by atoms with Crippen LogP contribution in [-0.2, 0) is 12.0 Å². The molecular weight excluding hydrogens is 255 g/mol. The Balaban J connectivity index is 2.41. The van der Waals surface area contributed by atoms with Gasteiger partial charge in [0.1, 0.15) is 11.6 Å². The van der Waals surface area contributed by atoms with Crippen LogP contribution in [0.3, 0.4) is 0 Å². The number of ether oxygens (including phenoxy) is 1. The lowest BCUT2D eigenvalue weighted by Crippen LogP contribution is -2.13. The first kappa shape index (κ1) is 14.5. The highest BCUT2D eigenvalue weighted by Gasteiger charge is 2.19. The molecule has 0 aliphatic heterocycles. The van der Waals surface area contributed by atoms with Gasteiger partial charge in [0.05, 0.1) is 6.20 Å². The number of benzene rings is 1. The van der Waals surface area contributed by atoms with Crippen molar-refractivity contribution in [2.24, 2.45) is 5.73 Å². The molecule has 1 aromatic heterocycles. The van der Waals surface area contributed by atoms with Gasteiger partial charge in [0.15, 0.2) is 0 Å². The number of halogens is 1. The van der Waals surface area contributed by atoms with Gasteiger partial charge in [-0.3, -0.25) is 0 Å². The maximum atomic E-state index is 13.2. The number of nitrogens with zero attached hydrogens (tertiary/aromatic N) is 1. The second-order valence-electron chi connectivity index (χ2n) is 5.67. The molecule has 0 spiro atoms. The lowest BCUT2D eigenvalue weighted by Gasteiger charge is -2.22. The molecule has 106 valence electrons. The molecule has 0 amide bonds. The van der Waals surface area contributed by atoms with E-state index in [-0.39, 0.29) is 12.0 Å². The molecule has 3 nitrogen and oxygen atoms in total. The van der Waals surface area contributed by atoms with Crippen molar-refractivity contribution in [3.63, 3.8) is 0 Å². The fourth-order valence-corrected chi connectivity index (χ4v) is 1.99. The quantitative estimate of drug-likeness (QED) is 0.926. The molecule has 1 heterocycles. The number of hydrogen-bond donors (Lipinski definition) is 1. The number of hydrogen-bond acceptors (Lipinski definition) is 3. The molecule has 4 heteroatoms. The third-order valence-corrected chi connectivity index (χ3v) is 3.01. The Morgan fingerprint density at radius 1 is 1.25 bits per heavy atom. The summed E-state index contributed by atoms with van der Waals surface area (Å²) >= 11 is 0. The van der Waals surface area contributed by atoms with Gasteiger partial charge in [-0.05, 0) is 17.5 Å². The molecule has 0 saturated heterocycles. The standard InChI is InChI=1S/C16H19FN2O/c1-16(2,3)13-6-4-5-7-14(13)20-15-11(9-18)8-12(17)10-19-15/h4-8,10H,9,18H2,1-3H3. The summed E-state index contributed by atoms with van der Waals surface area (Å²) in [6.45, 7) is 6.50. The van der Waals surface area contributed by atoms with Gasteiger partial charge in [-0.25, -0.2) is 9.37 Å². The van der Waals surface area contributed by atoms with Gasteiger partial charge in [-0.15, -0.1) is 0 Å². The molecule has 0 bridgehead atoms. The summed E-state index contributed by atoms with van der Waals surface area (Å²) in [5.41, 5.74) is 7.17. The monoisotopic (exact) mass is 274 g/mol. The fourth-order valence-electron chi connectivity index (χ4n) is 1.99. The van der Waals surface area contributed by atoms with Crippen molar-refractivity contribution < 1.29 is 9.13 Å². The van der Waals surface area contributed by atoms with Crippen molar-refractivity contribution >= 4 is 0 Å². The summed E-state index contributed by atoms with van der Waals surface area (Å²) in [6.07, 6.45) is 1.13. The summed E-state index contributed by atoms with van der Waals surface area (Å²) < 4.78 is 19.0. The zero-order valence-electron chi connectivity index (χ0n) is 12.0. The minimum Gasteiger partial charge on any atom is -0.438 e. The summed E-state index contributed by atoms with van der Waals surface area (Å²) in [5.74, 6) is 0.654. The highest BCUT2D eigenvalue weighted by Crippen LogP contribution is 2.34. The first-order valence-corrected chi connectivity index (χ1v) is 6.53. The summed E-state index contributed by atoms with van der Waals surface area (Å²) in [6, 6.07) is 9.11. The molecule has 20 heavy (non-hydrogen) atoms. The van der Waals surface area contributed by atoms with E-state index in [1.165, 1.54) is 6.07 Å². The molecule has 0 aliphatic rings. The van der Waals surface area contributed by atoms with Crippen LogP contribution in [0, 0.1) is 5.82 Å². The van der Waals surface area contributed by atoms with Gasteiger partial charge in [0.2, 0.25) is 5.88 Å². The van der Waals surface area contributed by atoms with E-state index in [0.29, 0.717) is 17.2 Å². The highest BCUT2D eigenvalue weighted by molar-refractivity contribution is 5.41. The van der Waals surface area contributed by atoms with Crippen LogP contribution >= 0.6 is 0 Å². The molecule has 0 radical (unpaired) electrons. The van der Waals surface area contributed by atoms with Crippen LogP contribution in [0.1, 0.15) is 31.9 Å². The number of nitrogens with two attached hydrogens (primary N) is 1. The Labute approximate surface area is 118 Å². The van der Waals surface area contributed by atoms with Gasteiger partial charge < -0.3 is 10.5 Å². The average molecular weight is 274 g/mol.